The van der Waals surface area contributed by atoms with Gasteiger partial charge in [-0.1, -0.05) is 0 Å². The van der Waals surface area contributed by atoms with E-state index in [0.29, 0.717) is 0 Å². The van der Waals surface area contributed by atoms with E-state index in [1.807, 2.05) is 0 Å². The van der Waals surface area contributed by atoms with Gasteiger partial charge in [-0.25, -0.2) is 9.59 Å². The Bertz CT molecular complexity index is 2760. The lowest BCUT2D eigenvalue weighted by Gasteiger charge is -2.35. The minimum atomic E-state index is -1.51. The summed E-state index contributed by atoms with van der Waals surface area (Å²) >= 11 is 0. The first-order chi connectivity index (χ1) is 31.6. The van der Waals surface area contributed by atoms with Gasteiger partial charge in [-0.05, 0) is 48.5 Å². The molecule has 0 spiro atoms. The summed E-state index contributed by atoms with van der Waals surface area (Å²) in [6, 6.07) is 9.06. The molecule has 2 aliphatic heterocycles. The maximum atomic E-state index is 13.4. The Labute approximate surface area is 373 Å². The minimum absolute atomic E-state index is 0.0913. The fourth-order valence-electron chi connectivity index (χ4n) is 7.82. The van der Waals surface area contributed by atoms with Gasteiger partial charge in [-0.3, -0.25) is 0 Å². The molecule has 8 rings (SSSR count). The first-order valence-corrected chi connectivity index (χ1v) is 19.5. The third-order valence-electron chi connectivity index (χ3n) is 11.2. The molecule has 6 aromatic carbocycles. The van der Waals surface area contributed by atoms with Crippen molar-refractivity contribution in [1.29, 1.82) is 0 Å². The molecule has 2 aliphatic rings. The molecule has 0 bridgehead atoms. The van der Waals surface area contributed by atoms with E-state index >= 15 is 0 Å². The van der Waals surface area contributed by atoms with E-state index in [1.54, 1.807) is 0 Å². The lowest BCUT2D eigenvalue weighted by molar-refractivity contribution is -0.0192. The number of ether oxygens (including phenoxy) is 4. The van der Waals surface area contributed by atoms with E-state index in [1.165, 1.54) is 0 Å². The van der Waals surface area contributed by atoms with Crippen LogP contribution in [0.5, 0.6) is 103 Å². The van der Waals surface area contributed by atoms with E-state index in [0.717, 1.165) is 60.7 Å². The van der Waals surface area contributed by atoms with Crippen molar-refractivity contribution in [3.05, 3.63) is 105 Å². The molecular weight excluding hydrogens is 892 g/mol. The van der Waals surface area contributed by atoms with Crippen molar-refractivity contribution in [3.63, 3.8) is 0 Å². The third kappa shape index (κ3) is 7.87. The molecule has 0 saturated heterocycles. The van der Waals surface area contributed by atoms with Gasteiger partial charge in [0, 0.05) is 64.8 Å². The second kappa shape index (κ2) is 16.3. The summed E-state index contributed by atoms with van der Waals surface area (Å²) in [7, 11) is 0. The summed E-state index contributed by atoms with van der Waals surface area (Å²) in [6.45, 7) is 0. The molecular formula is C45H36O22. The number of phenolic OH excluding ortho intramolecular Hbond substituents is 16. The number of benzene rings is 6. The number of aromatic hydroxyl groups is 16. The molecule has 2 heterocycles. The topological polar surface area (TPSA) is 395 Å². The number of hydrogen-bond donors (Lipinski definition) is 16. The smallest absolute Gasteiger partial charge is 0.338 e. The van der Waals surface area contributed by atoms with Crippen LogP contribution in [0.1, 0.15) is 66.3 Å². The molecule has 0 unspecified atom stereocenters. The summed E-state index contributed by atoms with van der Waals surface area (Å²) < 4.78 is 23.5. The largest absolute Gasteiger partial charge is 0.507 e. The zero-order chi connectivity index (χ0) is 48.5. The highest BCUT2D eigenvalue weighted by atomic mass is 16.6. The van der Waals surface area contributed by atoms with E-state index in [2.05, 4.69) is 0 Å². The fourth-order valence-corrected chi connectivity index (χ4v) is 7.82. The molecule has 22 nitrogen and oxygen atoms in total. The van der Waals surface area contributed by atoms with Gasteiger partial charge in [0.1, 0.15) is 46.7 Å². The molecule has 6 aromatic rings. The molecule has 0 aliphatic carbocycles. The van der Waals surface area contributed by atoms with Gasteiger partial charge < -0.3 is 101 Å². The molecule has 0 saturated carbocycles. The summed E-state index contributed by atoms with van der Waals surface area (Å²) in [5.74, 6) is -16.1. The van der Waals surface area contributed by atoms with Crippen molar-refractivity contribution in [2.45, 2.75) is 43.7 Å². The third-order valence-corrected chi connectivity index (χ3v) is 11.2. The van der Waals surface area contributed by atoms with Crippen LogP contribution in [0.3, 0.4) is 0 Å². The van der Waals surface area contributed by atoms with Gasteiger partial charge in [-0.2, -0.15) is 0 Å². The van der Waals surface area contributed by atoms with Crippen LogP contribution in [-0.4, -0.2) is 106 Å². The molecule has 0 aromatic heterocycles. The number of carbonyl (C=O) groups is 2. The molecule has 0 fully saturated rings. The van der Waals surface area contributed by atoms with Crippen LogP contribution in [0.25, 0.3) is 0 Å². The highest BCUT2D eigenvalue weighted by molar-refractivity contribution is 5.92. The Hall–Kier alpha value is -9.34. The summed E-state index contributed by atoms with van der Waals surface area (Å²) in [6.07, 6.45) is -7.53. The maximum absolute atomic E-state index is 13.4. The Kier molecular flexibility index (Phi) is 10.8. The van der Waals surface area contributed by atoms with E-state index < -0.39 is 159 Å². The monoisotopic (exact) mass is 928 g/mol. The highest BCUT2D eigenvalue weighted by Gasteiger charge is 2.41. The Morgan fingerprint density at radius 2 is 0.687 bits per heavy atom. The number of hydrogen-bond acceptors (Lipinski definition) is 22. The number of fused-ring (bicyclic) bond motifs is 2. The molecule has 0 amide bonds. The van der Waals surface area contributed by atoms with Crippen molar-refractivity contribution in [2.75, 3.05) is 0 Å². The van der Waals surface area contributed by atoms with Gasteiger partial charge in [0.15, 0.2) is 81.2 Å². The molecule has 0 radical (unpaired) electrons. The molecule has 4 atom stereocenters. The standard InChI is InChI=1S/C45H36O22/c46-22-12-32-20(10-34(42(64-32)14-1-24(48)38(58)25(49)2-14)66-44(62)16-5-28(52)40(60)29(53)6-16)36(56)18(22)9-19-23(47)13-33-21(37(19)57)11-35(43(65-33)15-3-26(50)39(59)27(51)4-15)67-45(63)17-7-30(54)41(61)31(55)8-17/h1-8,12-13,34-35,42-43,46-61H,9-11H2/t34-,35-,42-,43-/m1/s1. The van der Waals surface area contributed by atoms with Gasteiger partial charge in [-0.15, -0.1) is 0 Å². The second-order valence-corrected chi connectivity index (χ2v) is 15.5. The van der Waals surface area contributed by atoms with Crippen LogP contribution in [0.4, 0.5) is 0 Å². The van der Waals surface area contributed by atoms with Crippen molar-refractivity contribution < 1.29 is 110 Å². The average Bonchev–Trinajstić information content (AvgIpc) is 3.27. The van der Waals surface area contributed by atoms with Crippen molar-refractivity contribution in [2.24, 2.45) is 0 Å². The quantitative estimate of drug-likeness (QED) is 0.0744. The second-order valence-electron chi connectivity index (χ2n) is 15.5. The highest BCUT2D eigenvalue weighted by Crippen LogP contribution is 2.52. The zero-order valence-corrected chi connectivity index (χ0v) is 33.8. The van der Waals surface area contributed by atoms with E-state index in [9.17, 15) is 91.3 Å². The predicted octanol–water partition coefficient (Wildman–Crippen LogP) is 4.37. The normalized spacial score (nSPS) is 17.3. The van der Waals surface area contributed by atoms with Crippen LogP contribution < -0.4 is 9.47 Å². The van der Waals surface area contributed by atoms with Gasteiger partial charge in [0.05, 0.1) is 11.1 Å². The summed E-state index contributed by atoms with van der Waals surface area (Å²) in [5, 5.41) is 167. The van der Waals surface area contributed by atoms with Crippen LogP contribution in [-0.2, 0) is 28.7 Å². The first-order valence-electron chi connectivity index (χ1n) is 19.5. The Morgan fingerprint density at radius 1 is 0.403 bits per heavy atom. The van der Waals surface area contributed by atoms with E-state index in [-0.39, 0.29) is 44.9 Å². The van der Waals surface area contributed by atoms with Gasteiger partial charge in [0.25, 0.3) is 0 Å². The molecule has 22 heteroatoms. The minimum Gasteiger partial charge on any atom is -0.507 e. The first kappa shape index (κ1) is 44.3. The van der Waals surface area contributed by atoms with Crippen molar-refractivity contribution >= 4 is 11.9 Å². The van der Waals surface area contributed by atoms with Crippen molar-refractivity contribution in [1.82, 2.24) is 0 Å². The van der Waals surface area contributed by atoms with Crippen molar-refractivity contribution in [3.8, 4) is 103 Å². The maximum Gasteiger partial charge on any atom is 0.338 e. The number of esters is 2. The Balaban J connectivity index is 1.16. The fraction of sp³-hybridized carbons (Fsp3) is 0.156. The van der Waals surface area contributed by atoms with Crippen LogP contribution in [0.2, 0.25) is 0 Å². The molecule has 67 heavy (non-hydrogen) atoms. The zero-order valence-electron chi connectivity index (χ0n) is 33.8. The van der Waals surface area contributed by atoms with Crippen LogP contribution in [0, 0.1) is 0 Å². The number of rotatable bonds is 8. The van der Waals surface area contributed by atoms with Crippen LogP contribution >= 0.6 is 0 Å². The number of carbonyl (C=O) groups excluding carboxylic acids is 2. The lowest BCUT2D eigenvalue weighted by Crippen LogP contribution is -2.35. The SMILES string of the molecule is O=C(O[C@@H]1Cc2c(cc(O)c(Cc3c(O)cc4c(c3O)C[C@@H](OC(=O)c3cc(O)c(O)c(O)c3)[C@@H](c3cc(O)c(O)c(O)c3)O4)c2O)O[C@@H]1c1cc(O)c(O)c(O)c1)c1cc(O)c(O)c(O)c1. The lowest BCUT2D eigenvalue weighted by atomic mass is 9.88. The van der Waals surface area contributed by atoms with Gasteiger partial charge >= 0.3 is 11.9 Å². The Morgan fingerprint density at radius 3 is 0.985 bits per heavy atom. The molecule has 348 valence electrons. The predicted molar refractivity (Wildman–Crippen MR) is 221 cm³/mol. The number of phenols is 16. The van der Waals surface area contributed by atoms with Gasteiger partial charge in [0.2, 0.25) is 0 Å². The van der Waals surface area contributed by atoms with Crippen LogP contribution in [0.15, 0.2) is 60.7 Å². The summed E-state index contributed by atoms with van der Waals surface area (Å²) in [5.41, 5.74) is -2.06. The van der Waals surface area contributed by atoms with E-state index in [4.69, 9.17) is 18.9 Å². The molecule has 16 N–H and O–H groups in total. The summed E-state index contributed by atoms with van der Waals surface area (Å²) in [4.78, 5) is 26.8. The average molecular weight is 929 g/mol.